The minimum atomic E-state index is -0.537. The highest BCUT2D eigenvalue weighted by atomic mass is 35.5. The third-order valence-electron chi connectivity index (χ3n) is 3.41. The quantitative estimate of drug-likeness (QED) is 0.568. The molecule has 120 valence electrons. The highest BCUT2D eigenvalue weighted by Gasteiger charge is 2.14. The summed E-state index contributed by atoms with van der Waals surface area (Å²) in [5.41, 5.74) is 1.32. The van der Waals surface area contributed by atoms with Crippen molar-refractivity contribution in [2.24, 2.45) is 0 Å². The zero-order valence-electron chi connectivity index (χ0n) is 12.3. The molecule has 1 aromatic heterocycles. The first-order valence-electron chi connectivity index (χ1n) is 7.03. The Bertz CT molecular complexity index is 907. The number of hydrogen-bond donors (Lipinski definition) is 1. The molecule has 0 unspecified atom stereocenters. The number of benzene rings is 2. The van der Waals surface area contributed by atoms with E-state index in [4.69, 9.17) is 11.6 Å². The second kappa shape index (κ2) is 6.55. The first-order chi connectivity index (χ1) is 11.5. The summed E-state index contributed by atoms with van der Waals surface area (Å²) in [4.78, 5) is 22.7. The summed E-state index contributed by atoms with van der Waals surface area (Å²) in [5, 5.41) is 14.1. The van der Waals surface area contributed by atoms with E-state index in [0.29, 0.717) is 16.4 Å². The van der Waals surface area contributed by atoms with Crippen molar-refractivity contribution < 1.29 is 9.72 Å². The molecule has 7 heteroatoms. The molecule has 3 aromatic rings. The van der Waals surface area contributed by atoms with Gasteiger partial charge in [0.05, 0.1) is 16.3 Å². The molecule has 0 saturated carbocycles. The van der Waals surface area contributed by atoms with Crippen LogP contribution in [0.1, 0.15) is 10.4 Å². The number of hydrogen-bond acceptors (Lipinski definition) is 3. The maximum Gasteiger partial charge on any atom is 0.270 e. The number of anilines is 1. The van der Waals surface area contributed by atoms with Crippen molar-refractivity contribution in [3.8, 4) is 5.69 Å². The van der Waals surface area contributed by atoms with Crippen LogP contribution in [-0.4, -0.2) is 15.4 Å². The van der Waals surface area contributed by atoms with E-state index >= 15 is 0 Å². The van der Waals surface area contributed by atoms with Gasteiger partial charge in [-0.25, -0.2) is 0 Å². The Morgan fingerprint density at radius 3 is 2.54 bits per heavy atom. The molecule has 1 amide bonds. The van der Waals surface area contributed by atoms with Gasteiger partial charge in [0.15, 0.2) is 0 Å². The number of halogens is 1. The smallest absolute Gasteiger partial charge is 0.270 e. The Morgan fingerprint density at radius 1 is 1.08 bits per heavy atom. The normalized spacial score (nSPS) is 10.4. The molecule has 0 spiro atoms. The largest absolute Gasteiger partial charge is 0.322 e. The van der Waals surface area contributed by atoms with Gasteiger partial charge in [0, 0.05) is 35.1 Å². The second-order valence-electron chi connectivity index (χ2n) is 5.01. The minimum Gasteiger partial charge on any atom is -0.322 e. The summed E-state index contributed by atoms with van der Waals surface area (Å²) >= 11 is 6.04. The average molecular weight is 342 g/mol. The van der Waals surface area contributed by atoms with Gasteiger partial charge in [0.2, 0.25) is 0 Å². The maximum atomic E-state index is 12.4. The van der Waals surface area contributed by atoms with Crippen LogP contribution in [0.5, 0.6) is 0 Å². The second-order valence-corrected chi connectivity index (χ2v) is 5.45. The predicted octanol–water partition coefficient (Wildman–Crippen LogP) is 4.29. The van der Waals surface area contributed by atoms with Gasteiger partial charge in [0.25, 0.3) is 11.6 Å². The number of carbonyl (C=O) groups excluding carboxylic acids is 1. The molecule has 3 rings (SSSR count). The zero-order valence-corrected chi connectivity index (χ0v) is 13.1. The fourth-order valence-corrected chi connectivity index (χ4v) is 2.44. The Balaban J connectivity index is 1.93. The molecule has 0 saturated heterocycles. The molecule has 0 radical (unpaired) electrons. The standard InChI is InChI=1S/C17H12ClN3O3/c18-13-6-7-15(16(11-13)20-8-1-2-9-20)19-17(22)12-4-3-5-14(10-12)21(23)24/h1-11H,(H,19,22). The molecule has 0 aliphatic heterocycles. The van der Waals surface area contributed by atoms with Gasteiger partial charge in [-0.15, -0.1) is 0 Å². The summed E-state index contributed by atoms with van der Waals surface area (Å²) in [5.74, 6) is -0.436. The number of non-ortho nitro benzene ring substituents is 1. The van der Waals surface area contributed by atoms with Gasteiger partial charge in [-0.05, 0) is 36.4 Å². The molecule has 0 atom stereocenters. The van der Waals surface area contributed by atoms with E-state index in [1.54, 1.807) is 18.2 Å². The Labute approximate surface area is 142 Å². The number of amides is 1. The summed E-state index contributed by atoms with van der Waals surface area (Å²) < 4.78 is 1.81. The van der Waals surface area contributed by atoms with Crippen LogP contribution in [0.15, 0.2) is 67.0 Å². The van der Waals surface area contributed by atoms with Crippen molar-refractivity contribution >= 4 is 28.9 Å². The van der Waals surface area contributed by atoms with E-state index in [1.807, 2.05) is 29.1 Å². The lowest BCUT2D eigenvalue weighted by molar-refractivity contribution is -0.384. The van der Waals surface area contributed by atoms with E-state index in [0.717, 1.165) is 0 Å². The highest BCUT2D eigenvalue weighted by molar-refractivity contribution is 6.31. The SMILES string of the molecule is O=C(Nc1ccc(Cl)cc1-n1cccc1)c1cccc([N+](=O)[O-])c1. The maximum absolute atomic E-state index is 12.4. The molecular formula is C17H12ClN3O3. The van der Waals surface area contributed by atoms with Crippen LogP contribution in [-0.2, 0) is 0 Å². The van der Waals surface area contributed by atoms with Crippen molar-refractivity contribution in [3.63, 3.8) is 0 Å². The molecule has 1 heterocycles. The van der Waals surface area contributed by atoms with Crippen LogP contribution >= 0.6 is 11.6 Å². The Morgan fingerprint density at radius 2 is 1.83 bits per heavy atom. The van der Waals surface area contributed by atoms with Crippen LogP contribution in [0.25, 0.3) is 5.69 Å². The van der Waals surface area contributed by atoms with Gasteiger partial charge in [-0.1, -0.05) is 17.7 Å². The number of aromatic nitrogens is 1. The van der Waals surface area contributed by atoms with Crippen molar-refractivity contribution in [3.05, 3.63) is 87.7 Å². The van der Waals surface area contributed by atoms with E-state index in [-0.39, 0.29) is 11.3 Å². The molecular weight excluding hydrogens is 330 g/mol. The van der Waals surface area contributed by atoms with Crippen molar-refractivity contribution in [1.29, 1.82) is 0 Å². The van der Waals surface area contributed by atoms with Gasteiger partial charge in [-0.2, -0.15) is 0 Å². The van der Waals surface area contributed by atoms with Gasteiger partial charge >= 0.3 is 0 Å². The predicted molar refractivity (Wildman–Crippen MR) is 91.8 cm³/mol. The monoisotopic (exact) mass is 341 g/mol. The van der Waals surface area contributed by atoms with Crippen molar-refractivity contribution in [2.45, 2.75) is 0 Å². The molecule has 2 aromatic carbocycles. The lowest BCUT2D eigenvalue weighted by Crippen LogP contribution is -2.13. The van der Waals surface area contributed by atoms with Crippen LogP contribution in [0.3, 0.4) is 0 Å². The number of carbonyl (C=O) groups is 1. The van der Waals surface area contributed by atoms with Crippen LogP contribution < -0.4 is 5.32 Å². The van der Waals surface area contributed by atoms with E-state index in [9.17, 15) is 14.9 Å². The van der Waals surface area contributed by atoms with Gasteiger partial charge in [-0.3, -0.25) is 14.9 Å². The average Bonchev–Trinajstić information content (AvgIpc) is 3.11. The van der Waals surface area contributed by atoms with Crippen LogP contribution in [0.4, 0.5) is 11.4 Å². The van der Waals surface area contributed by atoms with E-state index < -0.39 is 10.8 Å². The van der Waals surface area contributed by atoms with E-state index in [1.165, 1.54) is 24.3 Å². The number of nitrogens with zero attached hydrogens (tertiary/aromatic N) is 2. The summed E-state index contributed by atoms with van der Waals surface area (Å²) in [7, 11) is 0. The van der Waals surface area contributed by atoms with Crippen LogP contribution in [0.2, 0.25) is 5.02 Å². The van der Waals surface area contributed by atoms with Crippen molar-refractivity contribution in [2.75, 3.05) is 5.32 Å². The molecule has 0 aliphatic carbocycles. The lowest BCUT2D eigenvalue weighted by Gasteiger charge is -2.12. The van der Waals surface area contributed by atoms with Gasteiger partial charge in [0.1, 0.15) is 0 Å². The lowest BCUT2D eigenvalue weighted by atomic mass is 10.1. The Hall–Kier alpha value is -3.12. The summed E-state index contributed by atoms with van der Waals surface area (Å²) in [6.45, 7) is 0. The number of nitro groups is 1. The molecule has 0 bridgehead atoms. The highest BCUT2D eigenvalue weighted by Crippen LogP contribution is 2.25. The number of nitrogens with one attached hydrogen (secondary N) is 1. The van der Waals surface area contributed by atoms with Crippen LogP contribution in [0, 0.1) is 10.1 Å². The number of rotatable bonds is 4. The summed E-state index contributed by atoms with van der Waals surface area (Å²) in [6.07, 6.45) is 3.66. The third-order valence-corrected chi connectivity index (χ3v) is 3.64. The zero-order chi connectivity index (χ0) is 17.1. The fraction of sp³-hybridized carbons (Fsp3) is 0. The van der Waals surface area contributed by atoms with Crippen molar-refractivity contribution in [1.82, 2.24) is 4.57 Å². The van der Waals surface area contributed by atoms with E-state index in [2.05, 4.69) is 5.32 Å². The fourth-order valence-electron chi connectivity index (χ4n) is 2.27. The molecule has 0 aliphatic rings. The molecule has 0 fully saturated rings. The first kappa shape index (κ1) is 15.8. The van der Waals surface area contributed by atoms with Gasteiger partial charge < -0.3 is 9.88 Å². The first-order valence-corrected chi connectivity index (χ1v) is 7.41. The number of nitro benzene ring substituents is 1. The molecule has 24 heavy (non-hydrogen) atoms. The Kier molecular flexibility index (Phi) is 4.31. The topological polar surface area (TPSA) is 77.2 Å². The summed E-state index contributed by atoms with van der Waals surface area (Å²) in [6, 6.07) is 14.4. The molecule has 6 nitrogen and oxygen atoms in total. The minimum absolute atomic E-state index is 0.135. The third kappa shape index (κ3) is 3.28. The molecule has 1 N–H and O–H groups in total.